The van der Waals surface area contributed by atoms with Crippen molar-refractivity contribution in [2.24, 2.45) is 10.7 Å². The first-order chi connectivity index (χ1) is 7.11. The van der Waals surface area contributed by atoms with E-state index < -0.39 is 5.54 Å². The Morgan fingerprint density at radius 2 is 2.07 bits per heavy atom. The van der Waals surface area contributed by atoms with Gasteiger partial charge in [0.1, 0.15) is 5.54 Å². The van der Waals surface area contributed by atoms with Crippen LogP contribution in [0.5, 0.6) is 0 Å². The Bertz CT molecular complexity index is 337. The number of guanidine groups is 1. The Kier molecular flexibility index (Phi) is 1.66. The molecular weight excluding hydrogens is 192 g/mol. The van der Waals surface area contributed by atoms with Gasteiger partial charge in [0, 0.05) is 12.1 Å². The summed E-state index contributed by atoms with van der Waals surface area (Å²) in [7, 11) is 2.15. The van der Waals surface area contributed by atoms with Gasteiger partial charge in [-0.1, -0.05) is 0 Å². The number of piperidine rings is 1. The van der Waals surface area contributed by atoms with Crippen molar-refractivity contribution < 1.29 is 4.79 Å². The smallest absolute Gasteiger partial charge is 0.254 e. The molecule has 2 unspecified atom stereocenters. The zero-order chi connectivity index (χ0) is 10.6. The Morgan fingerprint density at radius 3 is 2.53 bits per heavy atom. The molecule has 2 fully saturated rings. The van der Waals surface area contributed by atoms with Gasteiger partial charge in [0.05, 0.1) is 0 Å². The van der Waals surface area contributed by atoms with Gasteiger partial charge in [-0.25, -0.2) is 4.99 Å². The molecule has 82 valence electrons. The molecule has 0 aromatic carbocycles. The maximum atomic E-state index is 11.9. The quantitative estimate of drug-likeness (QED) is 0.560. The van der Waals surface area contributed by atoms with Gasteiger partial charge in [-0.3, -0.25) is 10.1 Å². The Morgan fingerprint density at radius 1 is 1.47 bits per heavy atom. The molecule has 3 rings (SSSR count). The van der Waals surface area contributed by atoms with Gasteiger partial charge in [-0.2, -0.15) is 0 Å². The lowest BCUT2D eigenvalue weighted by Gasteiger charge is -2.39. The first-order valence-corrected chi connectivity index (χ1v) is 5.49. The number of hydrogen-bond acceptors (Lipinski definition) is 4. The Balaban J connectivity index is 1.94. The van der Waals surface area contributed by atoms with Gasteiger partial charge in [0.15, 0.2) is 5.96 Å². The molecule has 1 spiro atoms. The number of hydrogen-bond donors (Lipinski definition) is 2. The second-order valence-electron chi connectivity index (χ2n) is 4.94. The monoisotopic (exact) mass is 208 g/mol. The Hall–Kier alpha value is -1.10. The molecular formula is C10H16N4O. The first-order valence-electron chi connectivity index (χ1n) is 5.49. The SMILES string of the molecule is CN1C2CCC1CC1(C2)N=C(N)NC1=O. The number of nitrogens with one attached hydrogen (secondary N) is 1. The minimum absolute atomic E-state index is 0.00463. The van der Waals surface area contributed by atoms with E-state index >= 15 is 0 Å². The predicted octanol–water partition coefficient (Wildman–Crippen LogP) is -0.574. The van der Waals surface area contributed by atoms with E-state index in [0.717, 1.165) is 12.8 Å². The normalized spacial score (nSPS) is 44.6. The highest BCUT2D eigenvalue weighted by molar-refractivity contribution is 6.06. The predicted molar refractivity (Wildman–Crippen MR) is 56.3 cm³/mol. The molecule has 3 aliphatic heterocycles. The highest BCUT2D eigenvalue weighted by atomic mass is 16.2. The first kappa shape index (κ1) is 9.15. The molecule has 0 aromatic heterocycles. The maximum Gasteiger partial charge on any atom is 0.254 e. The summed E-state index contributed by atoms with van der Waals surface area (Å²) in [5.41, 5.74) is 5.04. The molecule has 2 saturated heterocycles. The largest absolute Gasteiger partial charge is 0.370 e. The van der Waals surface area contributed by atoms with Crippen molar-refractivity contribution in [3.63, 3.8) is 0 Å². The molecule has 3 aliphatic rings. The fourth-order valence-corrected chi connectivity index (χ4v) is 3.26. The third kappa shape index (κ3) is 1.13. The van der Waals surface area contributed by atoms with Crippen molar-refractivity contribution in [1.82, 2.24) is 10.2 Å². The van der Waals surface area contributed by atoms with E-state index in [1.165, 1.54) is 12.8 Å². The van der Waals surface area contributed by atoms with Gasteiger partial charge in [-0.05, 0) is 32.7 Å². The van der Waals surface area contributed by atoms with E-state index in [0.29, 0.717) is 18.0 Å². The lowest BCUT2D eigenvalue weighted by molar-refractivity contribution is -0.126. The second kappa shape index (κ2) is 2.72. The van der Waals surface area contributed by atoms with Crippen molar-refractivity contribution in [3.8, 4) is 0 Å². The van der Waals surface area contributed by atoms with Crippen LogP contribution in [0.4, 0.5) is 0 Å². The average molecular weight is 208 g/mol. The molecule has 3 heterocycles. The highest BCUT2D eigenvalue weighted by Gasteiger charge is 2.53. The molecule has 3 N–H and O–H groups in total. The van der Waals surface area contributed by atoms with E-state index in [1.807, 2.05) is 0 Å². The number of carbonyl (C=O) groups excluding carboxylic acids is 1. The van der Waals surface area contributed by atoms with Crippen molar-refractivity contribution in [2.75, 3.05) is 7.05 Å². The number of amides is 1. The minimum Gasteiger partial charge on any atom is -0.370 e. The topological polar surface area (TPSA) is 70.7 Å². The molecule has 5 heteroatoms. The number of aliphatic imine (C=N–C) groups is 1. The van der Waals surface area contributed by atoms with Crippen LogP contribution < -0.4 is 11.1 Å². The zero-order valence-electron chi connectivity index (χ0n) is 8.86. The Labute approximate surface area is 88.7 Å². The van der Waals surface area contributed by atoms with Crippen molar-refractivity contribution in [1.29, 1.82) is 0 Å². The van der Waals surface area contributed by atoms with Crippen LogP contribution in [0.25, 0.3) is 0 Å². The zero-order valence-corrected chi connectivity index (χ0v) is 8.86. The summed E-state index contributed by atoms with van der Waals surface area (Å²) >= 11 is 0. The van der Waals surface area contributed by atoms with Crippen LogP contribution in [0.2, 0.25) is 0 Å². The van der Waals surface area contributed by atoms with E-state index in [9.17, 15) is 4.79 Å². The second-order valence-corrected chi connectivity index (χ2v) is 4.94. The van der Waals surface area contributed by atoms with Crippen molar-refractivity contribution in [3.05, 3.63) is 0 Å². The summed E-state index contributed by atoms with van der Waals surface area (Å²) in [5, 5.41) is 2.63. The summed E-state index contributed by atoms with van der Waals surface area (Å²) in [6.45, 7) is 0. The van der Waals surface area contributed by atoms with Crippen LogP contribution in [0, 0.1) is 0 Å². The third-order valence-corrected chi connectivity index (χ3v) is 4.13. The molecule has 5 nitrogen and oxygen atoms in total. The number of nitrogens with zero attached hydrogens (tertiary/aromatic N) is 2. The van der Waals surface area contributed by atoms with Gasteiger partial charge in [-0.15, -0.1) is 0 Å². The minimum atomic E-state index is -0.539. The molecule has 2 bridgehead atoms. The highest BCUT2D eigenvalue weighted by Crippen LogP contribution is 2.42. The molecule has 1 amide bonds. The number of fused-ring (bicyclic) bond motifs is 2. The van der Waals surface area contributed by atoms with Gasteiger partial charge >= 0.3 is 0 Å². The standard InChI is InChI=1S/C10H16N4O/c1-14-6-2-3-7(14)5-10(4-6)8(15)12-9(11)13-10/h6-7H,2-5H2,1H3,(H3,11,12,13,15). The van der Waals surface area contributed by atoms with E-state index in [4.69, 9.17) is 5.73 Å². The van der Waals surface area contributed by atoms with E-state index in [2.05, 4.69) is 22.3 Å². The molecule has 15 heavy (non-hydrogen) atoms. The van der Waals surface area contributed by atoms with E-state index in [1.54, 1.807) is 0 Å². The van der Waals surface area contributed by atoms with Crippen LogP contribution in [-0.2, 0) is 4.79 Å². The molecule has 0 aliphatic carbocycles. The van der Waals surface area contributed by atoms with Crippen LogP contribution in [0.1, 0.15) is 25.7 Å². The summed E-state index contributed by atoms with van der Waals surface area (Å²) < 4.78 is 0. The van der Waals surface area contributed by atoms with Crippen molar-refractivity contribution >= 4 is 11.9 Å². The lowest BCUT2D eigenvalue weighted by Crippen LogP contribution is -2.52. The fraction of sp³-hybridized carbons (Fsp3) is 0.800. The summed E-state index contributed by atoms with van der Waals surface area (Å²) in [5.74, 6) is 0.300. The maximum absolute atomic E-state index is 11.9. The third-order valence-electron chi connectivity index (χ3n) is 4.13. The molecule has 0 radical (unpaired) electrons. The van der Waals surface area contributed by atoms with Crippen molar-refractivity contribution in [2.45, 2.75) is 43.3 Å². The summed E-state index contributed by atoms with van der Waals surface area (Å²) in [6.07, 6.45) is 4.02. The van der Waals surface area contributed by atoms with Gasteiger partial charge < -0.3 is 10.6 Å². The summed E-state index contributed by atoms with van der Waals surface area (Å²) in [4.78, 5) is 18.6. The number of carbonyl (C=O) groups is 1. The van der Waals surface area contributed by atoms with E-state index in [-0.39, 0.29) is 5.91 Å². The number of rotatable bonds is 0. The summed E-state index contributed by atoms with van der Waals surface area (Å²) in [6, 6.07) is 1.01. The van der Waals surface area contributed by atoms with Gasteiger partial charge in [0.2, 0.25) is 0 Å². The molecule has 2 atom stereocenters. The average Bonchev–Trinajstić information content (AvgIpc) is 2.56. The molecule has 0 saturated carbocycles. The van der Waals surface area contributed by atoms with Crippen LogP contribution in [-0.4, -0.2) is 41.4 Å². The lowest BCUT2D eigenvalue weighted by atomic mass is 9.83. The van der Waals surface area contributed by atoms with Crippen LogP contribution >= 0.6 is 0 Å². The fourth-order valence-electron chi connectivity index (χ4n) is 3.26. The molecule has 0 aromatic rings. The van der Waals surface area contributed by atoms with Gasteiger partial charge in [0.25, 0.3) is 5.91 Å². The van der Waals surface area contributed by atoms with Crippen LogP contribution in [0.15, 0.2) is 4.99 Å². The van der Waals surface area contributed by atoms with Crippen LogP contribution in [0.3, 0.4) is 0 Å². The number of nitrogens with two attached hydrogens (primary N) is 1.